The van der Waals surface area contributed by atoms with Crippen molar-refractivity contribution in [3.63, 3.8) is 0 Å². The second-order valence-corrected chi connectivity index (χ2v) is 7.11. The third-order valence-electron chi connectivity index (χ3n) is 3.88. The Balaban J connectivity index is 2.15. The highest BCUT2D eigenvalue weighted by atomic mass is 32.2. The van der Waals surface area contributed by atoms with Gasteiger partial charge in [-0.1, -0.05) is 13.3 Å². The van der Waals surface area contributed by atoms with Crippen LogP contribution in [-0.4, -0.2) is 37.1 Å². The van der Waals surface area contributed by atoms with E-state index >= 15 is 0 Å². The van der Waals surface area contributed by atoms with E-state index in [1.54, 1.807) is 4.31 Å². The summed E-state index contributed by atoms with van der Waals surface area (Å²) < 4.78 is 26.2. The van der Waals surface area contributed by atoms with Gasteiger partial charge in [0.05, 0.1) is 5.25 Å². The van der Waals surface area contributed by atoms with E-state index in [4.69, 9.17) is 5.73 Å². The summed E-state index contributed by atoms with van der Waals surface area (Å²) in [6.07, 6.45) is 4.88. The minimum Gasteiger partial charge on any atom is -0.330 e. The Bertz CT molecular complexity index is 338. The van der Waals surface area contributed by atoms with Crippen LogP contribution in [0.15, 0.2) is 0 Å². The Labute approximate surface area is 98.2 Å². The maximum atomic E-state index is 12.3. The number of hydrogen-bond donors (Lipinski definition) is 1. The molecule has 5 heteroatoms. The Morgan fingerprint density at radius 2 is 1.94 bits per heavy atom. The predicted molar refractivity (Wildman–Crippen MR) is 64.5 cm³/mol. The molecule has 2 unspecified atom stereocenters. The van der Waals surface area contributed by atoms with E-state index in [1.165, 1.54) is 0 Å². The van der Waals surface area contributed by atoms with Crippen molar-refractivity contribution in [2.45, 2.75) is 50.3 Å². The fourth-order valence-corrected chi connectivity index (χ4v) is 4.96. The van der Waals surface area contributed by atoms with E-state index in [1.807, 2.05) is 6.92 Å². The molecule has 2 aliphatic rings. The van der Waals surface area contributed by atoms with Crippen molar-refractivity contribution in [3.8, 4) is 0 Å². The van der Waals surface area contributed by atoms with Crippen LogP contribution in [-0.2, 0) is 10.0 Å². The van der Waals surface area contributed by atoms with Gasteiger partial charge >= 0.3 is 0 Å². The first-order valence-corrected chi connectivity index (χ1v) is 7.82. The first kappa shape index (κ1) is 12.3. The smallest absolute Gasteiger partial charge is 0.217 e. The molecule has 0 heterocycles. The van der Waals surface area contributed by atoms with Gasteiger partial charge in [0.2, 0.25) is 10.0 Å². The largest absolute Gasteiger partial charge is 0.330 e. The lowest BCUT2D eigenvalue weighted by molar-refractivity contribution is 0.276. The van der Waals surface area contributed by atoms with Crippen molar-refractivity contribution >= 4 is 10.0 Å². The van der Waals surface area contributed by atoms with Crippen molar-refractivity contribution in [2.75, 3.05) is 13.1 Å². The van der Waals surface area contributed by atoms with Gasteiger partial charge in [0.25, 0.3) is 0 Å². The topological polar surface area (TPSA) is 63.4 Å². The summed E-state index contributed by atoms with van der Waals surface area (Å²) in [5.41, 5.74) is 5.73. The molecule has 94 valence electrons. The van der Waals surface area contributed by atoms with Crippen LogP contribution in [0.5, 0.6) is 0 Å². The average molecular weight is 246 g/mol. The molecule has 0 bridgehead atoms. The Hall–Kier alpha value is -0.130. The molecular weight excluding hydrogens is 224 g/mol. The van der Waals surface area contributed by atoms with Crippen LogP contribution in [0.25, 0.3) is 0 Å². The summed E-state index contributed by atoms with van der Waals surface area (Å²) in [5, 5.41) is -0.0912. The maximum Gasteiger partial charge on any atom is 0.217 e. The van der Waals surface area contributed by atoms with E-state index in [2.05, 4.69) is 0 Å². The van der Waals surface area contributed by atoms with E-state index in [0.29, 0.717) is 19.0 Å². The Morgan fingerprint density at radius 1 is 1.25 bits per heavy atom. The molecule has 2 aliphatic carbocycles. The van der Waals surface area contributed by atoms with Gasteiger partial charge in [0, 0.05) is 12.6 Å². The van der Waals surface area contributed by atoms with Crippen molar-refractivity contribution in [2.24, 2.45) is 11.7 Å². The molecule has 16 heavy (non-hydrogen) atoms. The van der Waals surface area contributed by atoms with Gasteiger partial charge in [-0.2, -0.15) is 4.31 Å². The highest BCUT2D eigenvalue weighted by Gasteiger charge is 2.44. The lowest BCUT2D eigenvalue weighted by atomic mass is 10.0. The Morgan fingerprint density at radius 3 is 2.44 bits per heavy atom. The third kappa shape index (κ3) is 2.13. The minimum atomic E-state index is -3.03. The fourth-order valence-electron chi connectivity index (χ4n) is 2.83. The molecular formula is C11H22N2O2S. The van der Waals surface area contributed by atoms with E-state index in [0.717, 1.165) is 32.1 Å². The van der Waals surface area contributed by atoms with Crippen LogP contribution in [0.4, 0.5) is 0 Å². The normalized spacial score (nSPS) is 31.2. The molecule has 0 aliphatic heterocycles. The van der Waals surface area contributed by atoms with Crippen LogP contribution in [0.3, 0.4) is 0 Å². The first-order chi connectivity index (χ1) is 7.61. The number of hydrogen-bond acceptors (Lipinski definition) is 3. The van der Waals surface area contributed by atoms with Crippen LogP contribution >= 0.6 is 0 Å². The minimum absolute atomic E-state index is 0.0912. The van der Waals surface area contributed by atoms with Gasteiger partial charge in [-0.15, -0.1) is 0 Å². The quantitative estimate of drug-likeness (QED) is 0.785. The van der Waals surface area contributed by atoms with Crippen molar-refractivity contribution in [1.29, 1.82) is 0 Å². The van der Waals surface area contributed by atoms with Crippen LogP contribution in [0.1, 0.15) is 39.0 Å². The molecule has 0 aromatic carbocycles. The molecule has 2 atom stereocenters. The highest BCUT2D eigenvalue weighted by molar-refractivity contribution is 7.90. The van der Waals surface area contributed by atoms with Crippen molar-refractivity contribution in [1.82, 2.24) is 4.31 Å². The summed E-state index contributed by atoms with van der Waals surface area (Å²) in [5.74, 6) is 0.369. The predicted octanol–water partition coefficient (Wildman–Crippen LogP) is 0.928. The Kier molecular flexibility index (Phi) is 3.56. The monoisotopic (exact) mass is 246 g/mol. The van der Waals surface area contributed by atoms with Gasteiger partial charge in [0.1, 0.15) is 0 Å². The third-order valence-corrected chi connectivity index (χ3v) is 6.37. The molecule has 0 spiro atoms. The summed E-state index contributed by atoms with van der Waals surface area (Å²) in [7, 11) is -3.03. The zero-order valence-electron chi connectivity index (χ0n) is 9.93. The summed E-state index contributed by atoms with van der Waals surface area (Å²) in [6, 6.07) is 0.167. The van der Waals surface area contributed by atoms with E-state index in [-0.39, 0.29) is 11.3 Å². The maximum absolute atomic E-state index is 12.3. The molecule has 4 nitrogen and oxygen atoms in total. The second-order valence-electron chi connectivity index (χ2n) is 4.94. The lowest BCUT2D eigenvalue weighted by Gasteiger charge is -2.30. The molecule has 0 radical (unpaired) electrons. The molecule has 2 rings (SSSR count). The second kappa shape index (κ2) is 4.63. The standard InChI is InChI=1S/C11H22N2O2S/c1-2-13(16(14,15)10-6-7-10)11-5-3-4-9(11)8-12/h9-11H,2-8,12H2,1H3. The summed E-state index contributed by atoms with van der Waals surface area (Å²) >= 11 is 0. The molecule has 2 fully saturated rings. The van der Waals surface area contributed by atoms with Crippen molar-refractivity contribution in [3.05, 3.63) is 0 Å². The van der Waals surface area contributed by atoms with Gasteiger partial charge in [-0.25, -0.2) is 8.42 Å². The van der Waals surface area contributed by atoms with Crippen molar-refractivity contribution < 1.29 is 8.42 Å². The summed E-state index contributed by atoms with van der Waals surface area (Å²) in [6.45, 7) is 3.15. The SMILES string of the molecule is CCN(C1CCCC1CN)S(=O)(=O)C1CC1. The van der Waals surface area contributed by atoms with Gasteiger partial charge in [-0.3, -0.25) is 0 Å². The van der Waals surface area contributed by atoms with Gasteiger partial charge in [0.15, 0.2) is 0 Å². The van der Waals surface area contributed by atoms with Crippen LogP contribution in [0.2, 0.25) is 0 Å². The molecule has 0 aromatic rings. The molecule has 0 amide bonds. The number of nitrogens with two attached hydrogens (primary N) is 1. The number of rotatable bonds is 5. The zero-order valence-corrected chi connectivity index (χ0v) is 10.7. The molecule has 0 saturated heterocycles. The fraction of sp³-hybridized carbons (Fsp3) is 1.00. The van der Waals surface area contributed by atoms with Gasteiger partial charge < -0.3 is 5.73 Å². The molecule has 0 aromatic heterocycles. The lowest BCUT2D eigenvalue weighted by Crippen LogP contribution is -2.45. The number of sulfonamides is 1. The number of nitrogens with zero attached hydrogens (tertiary/aromatic N) is 1. The molecule has 2 saturated carbocycles. The van der Waals surface area contributed by atoms with E-state index in [9.17, 15) is 8.42 Å². The van der Waals surface area contributed by atoms with E-state index < -0.39 is 10.0 Å². The van der Waals surface area contributed by atoms with Gasteiger partial charge in [-0.05, 0) is 38.1 Å². The highest BCUT2D eigenvalue weighted by Crippen LogP contribution is 2.37. The summed E-state index contributed by atoms with van der Waals surface area (Å²) in [4.78, 5) is 0. The average Bonchev–Trinajstić information content (AvgIpc) is 3.01. The first-order valence-electron chi connectivity index (χ1n) is 6.32. The van der Waals surface area contributed by atoms with Crippen LogP contribution < -0.4 is 5.73 Å². The molecule has 2 N–H and O–H groups in total. The zero-order chi connectivity index (χ0) is 11.8. The van der Waals surface area contributed by atoms with Crippen LogP contribution in [0, 0.1) is 5.92 Å².